The molecule has 1 aromatic rings. The molecule has 0 fully saturated rings. The number of ether oxygens (including phenoxy) is 2. The number of benzene rings is 1. The monoisotopic (exact) mass is 249 g/mol. The summed E-state index contributed by atoms with van der Waals surface area (Å²) in [4.78, 5) is 10.8. The zero-order valence-electron chi connectivity index (χ0n) is 10.2. The summed E-state index contributed by atoms with van der Waals surface area (Å²) in [6.07, 6.45) is 2.08. The summed E-state index contributed by atoms with van der Waals surface area (Å²) in [6.45, 7) is 5.71. The minimum Gasteiger partial charge on any atom is -0.454 e. The highest BCUT2D eigenvalue weighted by Gasteiger charge is 2.29. The van der Waals surface area contributed by atoms with Crippen LogP contribution in [0.5, 0.6) is 11.5 Å². The molecule has 1 aromatic carbocycles. The van der Waals surface area contributed by atoms with Gasteiger partial charge in [0.15, 0.2) is 11.5 Å². The Morgan fingerprint density at radius 1 is 1.50 bits per heavy atom. The van der Waals surface area contributed by atoms with E-state index in [0.29, 0.717) is 17.9 Å². The van der Waals surface area contributed by atoms with E-state index in [9.17, 15) is 10.1 Å². The van der Waals surface area contributed by atoms with Crippen LogP contribution in [-0.4, -0.2) is 17.8 Å². The molecule has 0 aromatic heterocycles. The van der Waals surface area contributed by atoms with Gasteiger partial charge in [-0.15, -0.1) is 6.58 Å². The molecule has 1 heterocycles. The number of rotatable bonds is 5. The fourth-order valence-corrected chi connectivity index (χ4v) is 2.17. The highest BCUT2D eigenvalue weighted by atomic mass is 16.7. The molecule has 5 heteroatoms. The molecule has 0 N–H and O–H groups in total. The third-order valence-electron chi connectivity index (χ3n) is 3.14. The number of nitrogens with zero attached hydrogens (tertiary/aromatic N) is 1. The first-order valence-electron chi connectivity index (χ1n) is 5.83. The summed E-state index contributed by atoms with van der Waals surface area (Å²) in [5.41, 5.74) is 0.831. The minimum atomic E-state index is -0.664. The Labute approximate surface area is 105 Å². The highest BCUT2D eigenvalue weighted by molar-refractivity contribution is 5.46. The van der Waals surface area contributed by atoms with E-state index in [1.165, 1.54) is 0 Å². The lowest BCUT2D eigenvalue weighted by atomic mass is 9.90. The average molecular weight is 249 g/mol. The van der Waals surface area contributed by atoms with E-state index in [1.807, 2.05) is 6.07 Å². The van der Waals surface area contributed by atoms with E-state index in [-0.39, 0.29) is 17.6 Å². The van der Waals surface area contributed by atoms with Gasteiger partial charge >= 0.3 is 0 Å². The first-order chi connectivity index (χ1) is 8.67. The number of fused-ring (bicyclic) bond motifs is 1. The molecule has 0 bridgehead atoms. The second kappa shape index (κ2) is 5.08. The van der Waals surface area contributed by atoms with E-state index in [1.54, 1.807) is 25.1 Å². The van der Waals surface area contributed by atoms with Crippen molar-refractivity contribution in [3.05, 3.63) is 46.5 Å². The molecule has 5 nitrogen and oxygen atoms in total. The maximum atomic E-state index is 11.0. The summed E-state index contributed by atoms with van der Waals surface area (Å²) in [5, 5.41) is 11.0. The van der Waals surface area contributed by atoms with Gasteiger partial charge in [-0.25, -0.2) is 0 Å². The maximum absolute atomic E-state index is 11.0. The van der Waals surface area contributed by atoms with E-state index in [0.717, 1.165) is 5.56 Å². The molecule has 18 heavy (non-hydrogen) atoms. The maximum Gasteiger partial charge on any atom is 0.231 e. The highest BCUT2D eigenvalue weighted by Crippen LogP contribution is 2.36. The predicted octanol–water partition coefficient (Wildman–Crippen LogP) is 2.74. The van der Waals surface area contributed by atoms with Crippen LogP contribution in [0, 0.1) is 10.1 Å². The molecule has 1 aliphatic heterocycles. The molecule has 96 valence electrons. The largest absolute Gasteiger partial charge is 0.454 e. The molecule has 1 aliphatic rings. The Balaban J connectivity index is 2.32. The number of nitro groups is 1. The topological polar surface area (TPSA) is 61.6 Å². The van der Waals surface area contributed by atoms with Crippen LogP contribution in [0.1, 0.15) is 24.8 Å². The van der Waals surface area contributed by atoms with Gasteiger partial charge in [0.25, 0.3) is 0 Å². The normalized spacial score (nSPS) is 16.1. The lowest BCUT2D eigenvalue weighted by molar-refractivity contribution is -0.525. The average Bonchev–Trinajstić information content (AvgIpc) is 2.82. The van der Waals surface area contributed by atoms with Crippen molar-refractivity contribution < 1.29 is 14.4 Å². The second-order valence-electron chi connectivity index (χ2n) is 4.14. The van der Waals surface area contributed by atoms with Crippen LogP contribution in [0.4, 0.5) is 0 Å². The lowest BCUT2D eigenvalue weighted by Crippen LogP contribution is -2.25. The third kappa shape index (κ3) is 2.16. The van der Waals surface area contributed by atoms with E-state index < -0.39 is 6.04 Å². The van der Waals surface area contributed by atoms with Crippen molar-refractivity contribution in [3.8, 4) is 11.5 Å². The Kier molecular flexibility index (Phi) is 3.50. The van der Waals surface area contributed by atoms with Crippen molar-refractivity contribution in [2.75, 3.05) is 6.79 Å². The van der Waals surface area contributed by atoms with Crippen LogP contribution in [0.25, 0.3) is 0 Å². The quantitative estimate of drug-likeness (QED) is 0.457. The first kappa shape index (κ1) is 12.4. The van der Waals surface area contributed by atoms with Crippen LogP contribution >= 0.6 is 0 Å². The van der Waals surface area contributed by atoms with Crippen LogP contribution in [0.15, 0.2) is 30.9 Å². The minimum absolute atomic E-state index is 0.198. The van der Waals surface area contributed by atoms with Gasteiger partial charge in [-0.3, -0.25) is 10.1 Å². The molecule has 0 spiro atoms. The van der Waals surface area contributed by atoms with Gasteiger partial charge in [0, 0.05) is 11.3 Å². The Morgan fingerprint density at radius 2 is 2.22 bits per heavy atom. The van der Waals surface area contributed by atoms with Crippen molar-refractivity contribution in [3.63, 3.8) is 0 Å². The molecule has 0 saturated carbocycles. The van der Waals surface area contributed by atoms with E-state index in [4.69, 9.17) is 9.47 Å². The van der Waals surface area contributed by atoms with Crippen LogP contribution in [0.3, 0.4) is 0 Å². The van der Waals surface area contributed by atoms with Crippen LogP contribution in [0.2, 0.25) is 0 Å². The van der Waals surface area contributed by atoms with Gasteiger partial charge in [0.2, 0.25) is 12.8 Å². The summed E-state index contributed by atoms with van der Waals surface area (Å²) in [5.74, 6) is 0.993. The van der Waals surface area contributed by atoms with Crippen molar-refractivity contribution in [1.29, 1.82) is 0 Å². The molecule has 2 atom stereocenters. The third-order valence-corrected chi connectivity index (χ3v) is 3.14. The fraction of sp³-hybridized carbons (Fsp3) is 0.385. The smallest absolute Gasteiger partial charge is 0.231 e. The predicted molar refractivity (Wildman–Crippen MR) is 66.6 cm³/mol. The van der Waals surface area contributed by atoms with E-state index >= 15 is 0 Å². The SMILES string of the molecule is C=C[C@H](c1ccc2c(c1)OCO2)[C@@H](CC)[N+](=O)[O-]. The number of hydrogen-bond donors (Lipinski definition) is 0. The Hall–Kier alpha value is -2.04. The van der Waals surface area contributed by atoms with Crippen molar-refractivity contribution in [1.82, 2.24) is 0 Å². The zero-order chi connectivity index (χ0) is 13.1. The Morgan fingerprint density at radius 3 is 2.83 bits per heavy atom. The van der Waals surface area contributed by atoms with Gasteiger partial charge in [-0.05, 0) is 17.7 Å². The summed E-state index contributed by atoms with van der Waals surface area (Å²) >= 11 is 0. The molecule has 2 rings (SSSR count). The van der Waals surface area contributed by atoms with Gasteiger partial charge in [0.05, 0.1) is 5.92 Å². The molecule has 0 radical (unpaired) electrons. The van der Waals surface area contributed by atoms with Crippen LogP contribution < -0.4 is 9.47 Å². The molecule has 0 unspecified atom stereocenters. The molecular formula is C13H15NO4. The van der Waals surface area contributed by atoms with E-state index in [2.05, 4.69) is 6.58 Å². The van der Waals surface area contributed by atoms with Gasteiger partial charge in [-0.1, -0.05) is 19.1 Å². The first-order valence-corrected chi connectivity index (χ1v) is 5.83. The number of hydrogen-bond acceptors (Lipinski definition) is 4. The van der Waals surface area contributed by atoms with Crippen molar-refractivity contribution in [2.24, 2.45) is 0 Å². The second-order valence-corrected chi connectivity index (χ2v) is 4.14. The lowest BCUT2D eigenvalue weighted by Gasteiger charge is -2.17. The molecule has 0 amide bonds. The molecule has 0 aliphatic carbocycles. The van der Waals surface area contributed by atoms with Crippen LogP contribution in [-0.2, 0) is 0 Å². The Bertz CT molecular complexity index is 472. The summed E-state index contributed by atoms with van der Waals surface area (Å²) < 4.78 is 10.5. The van der Waals surface area contributed by atoms with Gasteiger partial charge < -0.3 is 9.47 Å². The standard InChI is InChI=1S/C13H15NO4/c1-3-10(11(4-2)14(15)16)9-5-6-12-13(7-9)18-8-17-12/h3,5-7,10-11H,1,4,8H2,2H3/t10-,11-/m1/s1. The van der Waals surface area contributed by atoms with Gasteiger partial charge in [-0.2, -0.15) is 0 Å². The van der Waals surface area contributed by atoms with Gasteiger partial charge in [0.1, 0.15) is 0 Å². The summed E-state index contributed by atoms with van der Waals surface area (Å²) in [7, 11) is 0. The fourth-order valence-electron chi connectivity index (χ4n) is 2.17. The van der Waals surface area contributed by atoms with Crippen molar-refractivity contribution in [2.45, 2.75) is 25.3 Å². The summed E-state index contributed by atoms with van der Waals surface area (Å²) in [6, 6.07) is 4.73. The molecular weight excluding hydrogens is 234 g/mol. The molecule has 0 saturated heterocycles. The zero-order valence-corrected chi connectivity index (χ0v) is 10.2. The van der Waals surface area contributed by atoms with Crippen molar-refractivity contribution >= 4 is 0 Å².